The number of carbonyl (C=O) groups excluding carboxylic acids is 1. The molecular weight excluding hydrogens is 340 g/mol. The number of hydrogen-bond donors (Lipinski definition) is 0. The third kappa shape index (κ3) is 3.61. The number of carbonyl (C=O) groups is 1. The van der Waals surface area contributed by atoms with Gasteiger partial charge in [0.05, 0.1) is 21.7 Å². The summed E-state index contributed by atoms with van der Waals surface area (Å²) in [5.74, 6) is -0.181. The molecule has 1 saturated heterocycles. The molecule has 7 nitrogen and oxygen atoms in total. The summed E-state index contributed by atoms with van der Waals surface area (Å²) in [6.07, 6.45) is 0.776. The van der Waals surface area contributed by atoms with Crippen molar-refractivity contribution < 1.29 is 9.72 Å². The van der Waals surface area contributed by atoms with Crippen molar-refractivity contribution in [2.24, 2.45) is 0 Å². The fourth-order valence-electron chi connectivity index (χ4n) is 2.92. The summed E-state index contributed by atoms with van der Waals surface area (Å²) in [5, 5.41) is 21.6. The van der Waals surface area contributed by atoms with E-state index in [2.05, 4.69) is 11.0 Å². The second-order valence-electron chi connectivity index (χ2n) is 5.69. The largest absolute Gasteiger partial charge is 0.369 e. The van der Waals surface area contributed by atoms with E-state index in [-0.39, 0.29) is 10.9 Å². The predicted octanol–water partition coefficient (Wildman–Crippen LogP) is 2.88. The van der Waals surface area contributed by atoms with E-state index in [0.717, 1.165) is 30.0 Å². The molecule has 3 rings (SSSR count). The van der Waals surface area contributed by atoms with Gasteiger partial charge in [0.1, 0.15) is 6.07 Å². The first-order valence-corrected chi connectivity index (χ1v) is 8.74. The lowest BCUT2D eigenvalue weighted by atomic mass is 10.1. The van der Waals surface area contributed by atoms with Crippen LogP contribution in [0.25, 0.3) is 0 Å². The van der Waals surface area contributed by atoms with Crippen LogP contribution in [0.3, 0.4) is 0 Å². The van der Waals surface area contributed by atoms with Gasteiger partial charge in [0.15, 0.2) is 0 Å². The Labute approximate surface area is 148 Å². The van der Waals surface area contributed by atoms with E-state index in [1.807, 2.05) is 18.2 Å². The second kappa shape index (κ2) is 7.32. The average Bonchev–Trinajstić information content (AvgIpc) is 3.00. The summed E-state index contributed by atoms with van der Waals surface area (Å²) in [6.45, 7) is 2.48. The number of hydrogen-bond acceptors (Lipinski definition) is 6. The molecule has 1 fully saturated rings. The van der Waals surface area contributed by atoms with Crippen molar-refractivity contribution in [1.82, 2.24) is 4.90 Å². The molecule has 0 bridgehead atoms. The van der Waals surface area contributed by atoms with Crippen LogP contribution in [0.5, 0.6) is 0 Å². The SMILES string of the molecule is N#Cc1ccccc1N1CCCN(C(=O)c2csc([N+](=O)[O-])c2)CC1. The molecule has 25 heavy (non-hydrogen) atoms. The van der Waals surface area contributed by atoms with E-state index < -0.39 is 4.92 Å². The molecule has 1 amide bonds. The van der Waals surface area contributed by atoms with Crippen LogP contribution in [-0.4, -0.2) is 41.9 Å². The average molecular weight is 356 g/mol. The Balaban J connectivity index is 1.72. The monoisotopic (exact) mass is 356 g/mol. The van der Waals surface area contributed by atoms with Crippen LogP contribution in [0.2, 0.25) is 0 Å². The molecule has 0 N–H and O–H groups in total. The first kappa shape index (κ1) is 16.9. The van der Waals surface area contributed by atoms with Gasteiger partial charge in [-0.3, -0.25) is 14.9 Å². The van der Waals surface area contributed by atoms with Crippen molar-refractivity contribution in [1.29, 1.82) is 5.26 Å². The number of thiophene rings is 1. The summed E-state index contributed by atoms with van der Waals surface area (Å²) in [4.78, 5) is 26.7. The van der Waals surface area contributed by atoms with E-state index >= 15 is 0 Å². The van der Waals surface area contributed by atoms with Crippen LogP contribution in [0.4, 0.5) is 10.7 Å². The van der Waals surface area contributed by atoms with E-state index in [0.29, 0.717) is 30.8 Å². The van der Waals surface area contributed by atoms with Crippen molar-refractivity contribution in [2.75, 3.05) is 31.1 Å². The fourth-order valence-corrected chi connectivity index (χ4v) is 3.62. The molecule has 0 aliphatic carbocycles. The quantitative estimate of drug-likeness (QED) is 0.623. The Morgan fingerprint density at radius 2 is 2.04 bits per heavy atom. The van der Waals surface area contributed by atoms with Crippen molar-refractivity contribution in [3.05, 3.63) is 57.0 Å². The van der Waals surface area contributed by atoms with Gasteiger partial charge in [-0.25, -0.2) is 0 Å². The molecule has 1 aliphatic heterocycles. The van der Waals surface area contributed by atoms with E-state index in [9.17, 15) is 20.2 Å². The Bertz CT molecular complexity index is 842. The van der Waals surface area contributed by atoms with Gasteiger partial charge >= 0.3 is 5.00 Å². The summed E-state index contributed by atoms with van der Waals surface area (Å²) in [6, 6.07) is 11.0. The fraction of sp³-hybridized carbons (Fsp3) is 0.294. The number of rotatable bonds is 3. The normalized spacial score (nSPS) is 14.7. The molecule has 1 aromatic heterocycles. The zero-order valence-corrected chi connectivity index (χ0v) is 14.2. The Kier molecular flexibility index (Phi) is 4.95. The molecule has 0 unspecified atom stereocenters. The summed E-state index contributed by atoms with van der Waals surface area (Å²) in [7, 11) is 0. The highest BCUT2D eigenvalue weighted by atomic mass is 32.1. The predicted molar refractivity (Wildman–Crippen MR) is 94.9 cm³/mol. The number of nitrogens with zero attached hydrogens (tertiary/aromatic N) is 4. The van der Waals surface area contributed by atoms with Gasteiger partial charge in [-0.2, -0.15) is 5.26 Å². The molecule has 0 spiro atoms. The first-order valence-electron chi connectivity index (χ1n) is 7.86. The van der Waals surface area contributed by atoms with Gasteiger partial charge in [0.25, 0.3) is 5.91 Å². The minimum atomic E-state index is -0.482. The van der Waals surface area contributed by atoms with Crippen molar-refractivity contribution in [3.63, 3.8) is 0 Å². The number of amides is 1. The van der Waals surface area contributed by atoms with Gasteiger partial charge in [-0.15, -0.1) is 0 Å². The molecule has 0 atom stereocenters. The lowest BCUT2D eigenvalue weighted by Crippen LogP contribution is -2.35. The number of anilines is 1. The minimum Gasteiger partial charge on any atom is -0.369 e. The van der Waals surface area contributed by atoms with Gasteiger partial charge in [-0.1, -0.05) is 23.5 Å². The smallest absolute Gasteiger partial charge is 0.324 e. The third-order valence-corrected chi connectivity index (χ3v) is 5.04. The maximum atomic E-state index is 12.6. The van der Waals surface area contributed by atoms with Crippen LogP contribution in [0.1, 0.15) is 22.3 Å². The summed E-state index contributed by atoms with van der Waals surface area (Å²) in [5.41, 5.74) is 1.86. The Morgan fingerprint density at radius 3 is 2.76 bits per heavy atom. The minimum absolute atomic E-state index is 0.0252. The molecule has 2 heterocycles. The third-order valence-electron chi connectivity index (χ3n) is 4.16. The van der Waals surface area contributed by atoms with Crippen LogP contribution in [0, 0.1) is 21.4 Å². The van der Waals surface area contributed by atoms with Gasteiger partial charge < -0.3 is 9.80 Å². The molecule has 2 aromatic rings. The zero-order chi connectivity index (χ0) is 17.8. The number of para-hydroxylation sites is 1. The zero-order valence-electron chi connectivity index (χ0n) is 13.4. The lowest BCUT2D eigenvalue weighted by molar-refractivity contribution is -0.380. The van der Waals surface area contributed by atoms with Crippen LogP contribution in [-0.2, 0) is 0 Å². The molecule has 8 heteroatoms. The maximum Gasteiger partial charge on any atom is 0.324 e. The molecule has 128 valence electrons. The van der Waals surface area contributed by atoms with Crippen LogP contribution >= 0.6 is 11.3 Å². The Hall–Kier alpha value is -2.92. The van der Waals surface area contributed by atoms with Gasteiger partial charge in [0.2, 0.25) is 0 Å². The lowest BCUT2D eigenvalue weighted by Gasteiger charge is -2.24. The Morgan fingerprint density at radius 1 is 1.24 bits per heavy atom. The summed E-state index contributed by atoms with van der Waals surface area (Å²) >= 11 is 0.964. The highest BCUT2D eigenvalue weighted by Gasteiger charge is 2.23. The molecular formula is C17H16N4O3S. The highest BCUT2D eigenvalue weighted by molar-refractivity contribution is 7.13. The second-order valence-corrected chi connectivity index (χ2v) is 6.58. The van der Waals surface area contributed by atoms with Crippen molar-refractivity contribution in [3.8, 4) is 6.07 Å². The van der Waals surface area contributed by atoms with Gasteiger partial charge in [-0.05, 0) is 18.6 Å². The maximum absolute atomic E-state index is 12.6. The first-order chi connectivity index (χ1) is 12.1. The number of nitriles is 1. The van der Waals surface area contributed by atoms with E-state index in [1.165, 1.54) is 11.4 Å². The van der Waals surface area contributed by atoms with E-state index in [1.54, 1.807) is 11.0 Å². The number of nitro groups is 1. The highest BCUT2D eigenvalue weighted by Crippen LogP contribution is 2.25. The molecule has 1 aromatic carbocycles. The molecule has 1 aliphatic rings. The topological polar surface area (TPSA) is 90.5 Å². The summed E-state index contributed by atoms with van der Waals surface area (Å²) < 4.78 is 0. The van der Waals surface area contributed by atoms with E-state index in [4.69, 9.17) is 0 Å². The van der Waals surface area contributed by atoms with Crippen LogP contribution < -0.4 is 4.90 Å². The van der Waals surface area contributed by atoms with Crippen molar-refractivity contribution >= 4 is 27.9 Å². The molecule has 0 radical (unpaired) electrons. The van der Waals surface area contributed by atoms with Gasteiger partial charge in [0, 0.05) is 37.6 Å². The van der Waals surface area contributed by atoms with Crippen LogP contribution in [0.15, 0.2) is 35.7 Å². The van der Waals surface area contributed by atoms with Crippen molar-refractivity contribution in [2.45, 2.75) is 6.42 Å². The number of benzene rings is 1. The standard InChI is InChI=1S/C17H16N4O3S/c18-11-13-4-1-2-5-15(13)19-6-3-7-20(9-8-19)17(22)14-10-16(21(23)24)25-12-14/h1-2,4-5,10,12H,3,6-9H2. The molecule has 0 saturated carbocycles.